The molecular formula is C2HBLi2O6. The summed E-state index contributed by atoms with van der Waals surface area (Å²) in [7, 11) is -2.87. The van der Waals surface area contributed by atoms with Crippen LogP contribution in [0.1, 0.15) is 0 Å². The van der Waals surface area contributed by atoms with Crippen molar-refractivity contribution in [3.8, 4) is 0 Å². The van der Waals surface area contributed by atoms with Crippen molar-refractivity contribution in [3.05, 3.63) is 0 Å². The third-order valence-electron chi connectivity index (χ3n) is 0.378. The van der Waals surface area contributed by atoms with E-state index in [1.165, 1.54) is 0 Å². The minimum absolute atomic E-state index is 0. The van der Waals surface area contributed by atoms with E-state index in [9.17, 15) is 19.6 Å². The minimum atomic E-state index is -2.87. The van der Waals surface area contributed by atoms with E-state index in [0.29, 0.717) is 0 Å². The van der Waals surface area contributed by atoms with E-state index in [-0.39, 0.29) is 37.7 Å². The van der Waals surface area contributed by atoms with Gasteiger partial charge < -0.3 is 19.8 Å². The third kappa shape index (κ3) is 10.1. The molecular weight excluding hydrogens is 145 g/mol. The first-order valence-electron chi connectivity index (χ1n) is 1.79. The average Bonchev–Trinajstić information content (AvgIpc) is 1.63. The number of aliphatic carboxylic acids is 1. The fourth-order valence-electron chi connectivity index (χ4n) is 0.138. The summed E-state index contributed by atoms with van der Waals surface area (Å²) >= 11 is 0. The van der Waals surface area contributed by atoms with Crippen LogP contribution in [0.4, 0.5) is 0 Å². The van der Waals surface area contributed by atoms with E-state index >= 15 is 0 Å². The molecule has 0 heterocycles. The summed E-state index contributed by atoms with van der Waals surface area (Å²) in [6, 6.07) is 0. The number of carbonyl (C=O) groups is 2. The molecule has 0 aromatic carbocycles. The van der Waals surface area contributed by atoms with Gasteiger partial charge >= 0.3 is 49.7 Å². The molecule has 9 heteroatoms. The average molecular weight is 146 g/mol. The molecule has 0 spiro atoms. The quantitative estimate of drug-likeness (QED) is 0.290. The van der Waals surface area contributed by atoms with Crippen molar-refractivity contribution in [1.29, 1.82) is 0 Å². The van der Waals surface area contributed by atoms with Crippen LogP contribution < -0.4 is 47.8 Å². The molecule has 0 atom stereocenters. The zero-order valence-corrected chi connectivity index (χ0v) is 6.07. The van der Waals surface area contributed by atoms with Crippen LogP contribution in [-0.2, 0) is 14.2 Å². The van der Waals surface area contributed by atoms with Crippen LogP contribution in [0.25, 0.3) is 0 Å². The molecule has 0 aliphatic heterocycles. The van der Waals surface area contributed by atoms with Gasteiger partial charge in [-0.25, -0.2) is 9.59 Å². The Morgan fingerprint density at radius 3 is 1.73 bits per heavy atom. The molecule has 0 aliphatic rings. The van der Waals surface area contributed by atoms with Crippen molar-refractivity contribution >= 4 is 19.3 Å². The van der Waals surface area contributed by atoms with E-state index in [1.807, 2.05) is 0 Å². The Balaban J connectivity index is -0.000000320. The Morgan fingerprint density at radius 2 is 1.64 bits per heavy atom. The second kappa shape index (κ2) is 8.22. The number of hydrogen-bond donors (Lipinski definition) is 1. The van der Waals surface area contributed by atoms with Gasteiger partial charge in [-0.2, -0.15) is 0 Å². The molecule has 0 rings (SSSR count). The van der Waals surface area contributed by atoms with E-state index in [2.05, 4.69) is 4.65 Å². The second-order valence-corrected chi connectivity index (χ2v) is 0.999. The summed E-state index contributed by atoms with van der Waals surface area (Å²) in [6.45, 7) is 0. The fourth-order valence-corrected chi connectivity index (χ4v) is 0.138. The summed E-state index contributed by atoms with van der Waals surface area (Å²) in [5.41, 5.74) is 0. The largest absolute Gasteiger partial charge is 1.00 e. The third-order valence-corrected chi connectivity index (χ3v) is 0.378. The summed E-state index contributed by atoms with van der Waals surface area (Å²) in [4.78, 5) is 19.2. The van der Waals surface area contributed by atoms with Gasteiger partial charge in [-0.05, 0) is 0 Å². The van der Waals surface area contributed by atoms with Crippen LogP contribution in [0.3, 0.4) is 0 Å². The van der Waals surface area contributed by atoms with Gasteiger partial charge in [0.25, 0.3) is 0 Å². The predicted molar refractivity (Wildman–Crippen MR) is 19.5 cm³/mol. The minimum Gasteiger partial charge on any atom is -0.860 e. The number of rotatable bonds is 1. The van der Waals surface area contributed by atoms with E-state index in [0.717, 1.165) is 0 Å². The molecule has 0 aromatic rings. The van der Waals surface area contributed by atoms with Gasteiger partial charge in [0.2, 0.25) is 0 Å². The van der Waals surface area contributed by atoms with Crippen molar-refractivity contribution < 1.29 is 67.1 Å². The molecule has 0 saturated heterocycles. The molecule has 11 heavy (non-hydrogen) atoms. The van der Waals surface area contributed by atoms with Gasteiger partial charge in [0.15, 0.2) is 0 Å². The van der Waals surface area contributed by atoms with Crippen LogP contribution in [0.15, 0.2) is 0 Å². The molecule has 0 saturated carbocycles. The molecule has 0 aromatic heterocycles. The number of hydrogen-bond acceptors (Lipinski definition) is 5. The van der Waals surface area contributed by atoms with Crippen LogP contribution in [0, 0.1) is 0 Å². The molecule has 0 fully saturated rings. The zero-order chi connectivity index (χ0) is 7.44. The fraction of sp³-hybridized carbons (Fsp3) is 0. The van der Waals surface area contributed by atoms with E-state index in [4.69, 9.17) is 5.11 Å². The summed E-state index contributed by atoms with van der Waals surface area (Å²) in [6.07, 6.45) is 0. The molecule has 0 bridgehead atoms. The van der Waals surface area contributed by atoms with Gasteiger partial charge in [0, 0.05) is 0 Å². The van der Waals surface area contributed by atoms with Crippen molar-refractivity contribution in [2.45, 2.75) is 0 Å². The standard InChI is InChI=1S/C2HBO6.2Li/c4-1(5)2(6)9-3(7)8;;/h(H,4,5);;/q-2;2*+1. The zero-order valence-electron chi connectivity index (χ0n) is 6.07. The maximum atomic E-state index is 9.73. The Kier molecular flexibility index (Phi) is 12.9. The van der Waals surface area contributed by atoms with Crippen LogP contribution in [-0.4, -0.2) is 24.4 Å². The number of carboxylic acid groups (broad SMARTS) is 1. The van der Waals surface area contributed by atoms with E-state index < -0.39 is 19.3 Å². The molecule has 1 N–H and O–H groups in total. The second-order valence-electron chi connectivity index (χ2n) is 0.999. The van der Waals surface area contributed by atoms with Crippen molar-refractivity contribution in [1.82, 2.24) is 0 Å². The molecule has 50 valence electrons. The Labute approximate surface area is 86.4 Å². The topological polar surface area (TPSA) is 110 Å². The molecule has 0 amide bonds. The normalized spacial score (nSPS) is 6.73. The van der Waals surface area contributed by atoms with Crippen LogP contribution in [0.5, 0.6) is 0 Å². The van der Waals surface area contributed by atoms with E-state index in [1.54, 1.807) is 0 Å². The summed E-state index contributed by atoms with van der Waals surface area (Å²) in [5, 5.41) is 26.4. The van der Waals surface area contributed by atoms with Gasteiger partial charge in [-0.3, -0.25) is 0 Å². The van der Waals surface area contributed by atoms with Crippen LogP contribution in [0.2, 0.25) is 0 Å². The first-order chi connectivity index (χ1) is 4.04. The van der Waals surface area contributed by atoms with Crippen molar-refractivity contribution in [2.24, 2.45) is 0 Å². The monoisotopic (exact) mass is 146 g/mol. The smallest absolute Gasteiger partial charge is 0.860 e. The van der Waals surface area contributed by atoms with Gasteiger partial charge in [0.1, 0.15) is 7.32 Å². The molecule has 0 aliphatic carbocycles. The maximum absolute atomic E-state index is 9.73. The van der Waals surface area contributed by atoms with Gasteiger partial charge in [0.05, 0.1) is 0 Å². The summed E-state index contributed by atoms with van der Waals surface area (Å²) < 4.78 is 3.16. The molecule has 0 radical (unpaired) electrons. The predicted octanol–water partition coefficient (Wildman–Crippen LogP) is -9.67. The first kappa shape index (κ1) is 17.3. The van der Waals surface area contributed by atoms with Crippen LogP contribution >= 0.6 is 0 Å². The maximum Gasteiger partial charge on any atom is 1.00 e. The number of carbonyl (C=O) groups excluding carboxylic acids is 1. The molecule has 0 unspecified atom stereocenters. The summed E-state index contributed by atoms with van der Waals surface area (Å²) in [5.74, 6) is -3.78. The van der Waals surface area contributed by atoms with Gasteiger partial charge in [-0.1, -0.05) is 0 Å². The Morgan fingerprint density at radius 1 is 1.27 bits per heavy atom. The van der Waals surface area contributed by atoms with Crippen molar-refractivity contribution in [3.63, 3.8) is 0 Å². The first-order valence-corrected chi connectivity index (χ1v) is 1.79. The number of carboxylic acids is 1. The van der Waals surface area contributed by atoms with Crippen molar-refractivity contribution in [2.75, 3.05) is 0 Å². The Hall–Kier alpha value is 0.120. The SMILES string of the molecule is O=C(O)C(=O)OB([O-])[O-].[Li+].[Li+]. The molecule has 6 nitrogen and oxygen atoms in total. The Bertz CT molecular complexity index is 137. The van der Waals surface area contributed by atoms with Gasteiger partial charge in [-0.15, -0.1) is 0 Å².